The Morgan fingerprint density at radius 1 is 1.48 bits per heavy atom. The van der Waals surface area contributed by atoms with Gasteiger partial charge in [0.05, 0.1) is 17.4 Å². The Hall–Kier alpha value is -2.11. The minimum atomic E-state index is -0.784. The summed E-state index contributed by atoms with van der Waals surface area (Å²) in [7, 11) is 1.38. The lowest BCUT2D eigenvalue weighted by Crippen LogP contribution is -2.31. The molecular formula is C15H17NO5. The van der Waals surface area contributed by atoms with E-state index in [4.69, 9.17) is 4.74 Å². The first kappa shape index (κ1) is 13.9. The van der Waals surface area contributed by atoms with Gasteiger partial charge in [0.1, 0.15) is 0 Å². The molecule has 0 bridgehead atoms. The van der Waals surface area contributed by atoms with E-state index in [9.17, 15) is 20.0 Å². The lowest BCUT2D eigenvalue weighted by Gasteiger charge is -2.26. The maximum Gasteiger partial charge on any atom is 0.311 e. The molecule has 0 aromatic heterocycles. The zero-order chi connectivity index (χ0) is 15.2. The molecule has 2 fully saturated rings. The molecule has 0 saturated heterocycles. The fraction of sp³-hybridized carbons (Fsp3) is 0.533. The zero-order valence-electron chi connectivity index (χ0n) is 11.7. The van der Waals surface area contributed by atoms with Crippen molar-refractivity contribution in [3.05, 3.63) is 33.9 Å². The second-order valence-corrected chi connectivity index (χ2v) is 6.19. The van der Waals surface area contributed by atoms with Gasteiger partial charge >= 0.3 is 11.7 Å². The van der Waals surface area contributed by atoms with Gasteiger partial charge in [-0.3, -0.25) is 14.9 Å². The number of nitrogens with zero attached hydrogens (tertiary/aromatic N) is 1. The van der Waals surface area contributed by atoms with E-state index in [1.807, 2.05) is 0 Å². The molecule has 2 atom stereocenters. The van der Waals surface area contributed by atoms with Crippen LogP contribution in [-0.2, 0) is 11.2 Å². The van der Waals surface area contributed by atoms with Gasteiger partial charge in [-0.1, -0.05) is 6.07 Å². The van der Waals surface area contributed by atoms with Crippen molar-refractivity contribution >= 4 is 11.7 Å². The van der Waals surface area contributed by atoms with Crippen molar-refractivity contribution in [1.82, 2.24) is 0 Å². The summed E-state index contributed by atoms with van der Waals surface area (Å²) in [6.45, 7) is 0. The molecule has 6 heteroatoms. The number of hydrogen-bond acceptors (Lipinski definition) is 4. The number of hydrogen-bond donors (Lipinski definition) is 1. The van der Waals surface area contributed by atoms with Crippen LogP contribution in [-0.4, -0.2) is 23.1 Å². The van der Waals surface area contributed by atoms with Crippen LogP contribution in [0, 0.1) is 27.4 Å². The third kappa shape index (κ3) is 2.34. The summed E-state index contributed by atoms with van der Waals surface area (Å²) in [5, 5.41) is 20.6. The van der Waals surface area contributed by atoms with Gasteiger partial charge in [0, 0.05) is 6.07 Å². The monoisotopic (exact) mass is 291 g/mol. The fourth-order valence-electron chi connectivity index (χ4n) is 3.67. The smallest absolute Gasteiger partial charge is 0.311 e. The van der Waals surface area contributed by atoms with Crippen LogP contribution in [0.25, 0.3) is 0 Å². The number of ether oxygens (including phenoxy) is 1. The maximum absolute atomic E-state index is 11.7. The number of benzene rings is 1. The summed E-state index contributed by atoms with van der Waals surface area (Å²) < 4.78 is 4.97. The van der Waals surface area contributed by atoms with Crippen molar-refractivity contribution in [2.75, 3.05) is 7.11 Å². The van der Waals surface area contributed by atoms with E-state index < -0.39 is 16.3 Å². The van der Waals surface area contributed by atoms with Gasteiger partial charge in [0.25, 0.3) is 0 Å². The SMILES string of the molecule is COc1ccc(CC2(C(=O)O)CC3CC3C2)cc1[N+](=O)[O-]. The number of fused-ring (bicyclic) bond motifs is 1. The zero-order valence-corrected chi connectivity index (χ0v) is 11.7. The third-order valence-electron chi connectivity index (χ3n) is 4.81. The number of aliphatic carboxylic acids is 1. The van der Waals surface area contributed by atoms with Gasteiger partial charge < -0.3 is 9.84 Å². The van der Waals surface area contributed by atoms with Gasteiger partial charge in [0.2, 0.25) is 0 Å². The third-order valence-corrected chi connectivity index (χ3v) is 4.81. The molecule has 6 nitrogen and oxygen atoms in total. The van der Waals surface area contributed by atoms with E-state index in [2.05, 4.69) is 0 Å². The molecule has 2 saturated carbocycles. The normalized spacial score (nSPS) is 29.8. The molecule has 0 heterocycles. The Balaban J connectivity index is 1.88. The topological polar surface area (TPSA) is 89.7 Å². The lowest BCUT2D eigenvalue weighted by molar-refractivity contribution is -0.385. The van der Waals surface area contributed by atoms with Crippen molar-refractivity contribution in [3.63, 3.8) is 0 Å². The Morgan fingerprint density at radius 2 is 2.14 bits per heavy atom. The van der Waals surface area contributed by atoms with Gasteiger partial charge in [-0.25, -0.2) is 0 Å². The molecule has 0 aliphatic heterocycles. The molecule has 1 aromatic carbocycles. The Labute approximate surface area is 121 Å². The van der Waals surface area contributed by atoms with Crippen molar-refractivity contribution in [1.29, 1.82) is 0 Å². The van der Waals surface area contributed by atoms with E-state index in [0.29, 0.717) is 36.7 Å². The summed E-state index contributed by atoms with van der Waals surface area (Å²) in [5.41, 5.74) is -0.180. The number of methoxy groups -OCH3 is 1. The second-order valence-electron chi connectivity index (χ2n) is 6.19. The van der Waals surface area contributed by atoms with Crippen LogP contribution >= 0.6 is 0 Å². The quantitative estimate of drug-likeness (QED) is 0.665. The van der Waals surface area contributed by atoms with Gasteiger partial charge in [-0.05, 0) is 49.1 Å². The van der Waals surface area contributed by atoms with Gasteiger partial charge in [-0.2, -0.15) is 0 Å². The van der Waals surface area contributed by atoms with E-state index in [-0.39, 0.29) is 11.4 Å². The summed E-state index contributed by atoms with van der Waals surface area (Å²) in [4.78, 5) is 22.2. The highest BCUT2D eigenvalue weighted by Gasteiger charge is 2.57. The molecule has 112 valence electrons. The van der Waals surface area contributed by atoms with Crippen molar-refractivity contribution in [2.24, 2.45) is 17.3 Å². The van der Waals surface area contributed by atoms with Crippen molar-refractivity contribution < 1.29 is 19.6 Å². The predicted molar refractivity (Wildman–Crippen MR) is 74.3 cm³/mol. The number of rotatable bonds is 5. The van der Waals surface area contributed by atoms with Crippen molar-refractivity contribution in [3.8, 4) is 5.75 Å². The molecule has 0 amide bonds. The average molecular weight is 291 g/mol. The summed E-state index contributed by atoms with van der Waals surface area (Å²) in [6, 6.07) is 4.70. The molecule has 21 heavy (non-hydrogen) atoms. The highest BCUT2D eigenvalue weighted by atomic mass is 16.6. The first-order valence-electron chi connectivity index (χ1n) is 7.00. The van der Waals surface area contributed by atoms with Gasteiger partial charge in [-0.15, -0.1) is 0 Å². The number of nitro benzene ring substituents is 1. The number of nitro groups is 1. The number of carboxylic acids is 1. The lowest BCUT2D eigenvalue weighted by atomic mass is 9.77. The standard InChI is InChI=1S/C15H17NO5/c1-21-13-3-2-9(4-12(13)16(19)20)6-15(14(17)18)7-10-5-11(10)8-15/h2-4,10-11H,5-8H2,1H3,(H,17,18). The molecule has 1 aromatic rings. The number of carbonyl (C=O) groups is 1. The Kier molecular flexibility index (Phi) is 3.11. The molecule has 2 unspecified atom stereocenters. The average Bonchev–Trinajstić information content (AvgIpc) is 3.06. The van der Waals surface area contributed by atoms with Crippen LogP contribution < -0.4 is 4.74 Å². The Morgan fingerprint density at radius 3 is 2.67 bits per heavy atom. The van der Waals surface area contributed by atoms with Crippen LogP contribution in [0.1, 0.15) is 24.8 Å². The predicted octanol–water partition coefficient (Wildman–Crippen LogP) is 2.65. The van der Waals surface area contributed by atoms with E-state index in [1.54, 1.807) is 12.1 Å². The van der Waals surface area contributed by atoms with E-state index in [0.717, 1.165) is 6.42 Å². The maximum atomic E-state index is 11.7. The van der Waals surface area contributed by atoms with Crippen LogP contribution in [0.2, 0.25) is 0 Å². The van der Waals surface area contributed by atoms with Crippen LogP contribution in [0.15, 0.2) is 18.2 Å². The van der Waals surface area contributed by atoms with Crippen LogP contribution in [0.5, 0.6) is 5.75 Å². The second kappa shape index (κ2) is 4.72. The summed E-state index contributed by atoms with van der Waals surface area (Å²) >= 11 is 0. The molecule has 2 aliphatic rings. The van der Waals surface area contributed by atoms with Crippen molar-refractivity contribution in [2.45, 2.75) is 25.7 Å². The number of carboxylic acid groups (broad SMARTS) is 1. The summed E-state index contributed by atoms with van der Waals surface area (Å²) in [5.74, 6) is 0.485. The molecule has 2 aliphatic carbocycles. The highest BCUT2D eigenvalue weighted by molar-refractivity contribution is 5.76. The first-order valence-corrected chi connectivity index (χ1v) is 7.00. The highest BCUT2D eigenvalue weighted by Crippen LogP contribution is 2.61. The molecule has 0 spiro atoms. The van der Waals surface area contributed by atoms with E-state index >= 15 is 0 Å². The van der Waals surface area contributed by atoms with Crippen LogP contribution in [0.4, 0.5) is 5.69 Å². The minimum Gasteiger partial charge on any atom is -0.490 e. The Bertz CT molecular complexity index is 602. The largest absolute Gasteiger partial charge is 0.490 e. The van der Waals surface area contributed by atoms with E-state index in [1.165, 1.54) is 13.2 Å². The van der Waals surface area contributed by atoms with Gasteiger partial charge in [0.15, 0.2) is 5.75 Å². The summed E-state index contributed by atoms with van der Waals surface area (Å²) in [6.07, 6.45) is 2.86. The fourth-order valence-corrected chi connectivity index (χ4v) is 3.67. The molecule has 0 radical (unpaired) electrons. The first-order chi connectivity index (χ1) is 9.95. The minimum absolute atomic E-state index is 0.112. The molecule has 3 rings (SSSR count). The van der Waals surface area contributed by atoms with Crippen LogP contribution in [0.3, 0.4) is 0 Å². The molecular weight excluding hydrogens is 274 g/mol. The molecule has 1 N–H and O–H groups in total.